The maximum atomic E-state index is 12.9. The van der Waals surface area contributed by atoms with E-state index in [9.17, 15) is 4.79 Å². The first-order chi connectivity index (χ1) is 13.7. The van der Waals surface area contributed by atoms with Gasteiger partial charge in [-0.25, -0.2) is 4.68 Å². The molecule has 1 aliphatic carbocycles. The third-order valence-corrected chi connectivity index (χ3v) is 5.77. The number of carbonyl (C=O) groups is 1. The fraction of sp³-hybridized carbons (Fsp3) is 0.609. The van der Waals surface area contributed by atoms with E-state index in [2.05, 4.69) is 54.4 Å². The van der Waals surface area contributed by atoms with Gasteiger partial charge in [-0.2, -0.15) is 4.98 Å². The van der Waals surface area contributed by atoms with Gasteiger partial charge in [0.05, 0.1) is 5.69 Å². The lowest BCUT2D eigenvalue weighted by Crippen LogP contribution is -2.47. The van der Waals surface area contributed by atoms with Crippen LogP contribution in [0.15, 0.2) is 18.2 Å². The lowest BCUT2D eigenvalue weighted by Gasteiger charge is -2.25. The smallest absolute Gasteiger partial charge is 0.336 e. The number of nitrogens with one attached hydrogen (secondary N) is 1. The van der Waals surface area contributed by atoms with Crippen molar-refractivity contribution in [1.29, 1.82) is 0 Å². The van der Waals surface area contributed by atoms with E-state index < -0.39 is 6.10 Å². The highest BCUT2D eigenvalue weighted by Gasteiger charge is 2.30. The SMILES string of the molecule is Cc1cc(C)cc(-n2nc(OC(C(=O)NC(C)C3CCCC3)C(C)C)nc2C)c1. The van der Waals surface area contributed by atoms with Gasteiger partial charge in [0.25, 0.3) is 5.91 Å². The van der Waals surface area contributed by atoms with Crippen LogP contribution < -0.4 is 10.1 Å². The number of carbonyl (C=O) groups excluding carboxylic acids is 1. The first-order valence-electron chi connectivity index (χ1n) is 10.7. The second kappa shape index (κ2) is 8.97. The summed E-state index contributed by atoms with van der Waals surface area (Å²) in [6, 6.07) is 6.65. The summed E-state index contributed by atoms with van der Waals surface area (Å²) in [6.45, 7) is 12.1. The molecule has 0 spiro atoms. The van der Waals surface area contributed by atoms with Crippen LogP contribution in [0.5, 0.6) is 6.01 Å². The van der Waals surface area contributed by atoms with Gasteiger partial charge in [-0.15, -0.1) is 5.10 Å². The number of benzene rings is 1. The summed E-state index contributed by atoms with van der Waals surface area (Å²) >= 11 is 0. The first kappa shape index (κ1) is 21.3. The van der Waals surface area contributed by atoms with E-state index in [4.69, 9.17) is 4.74 Å². The number of hydrogen-bond acceptors (Lipinski definition) is 4. The van der Waals surface area contributed by atoms with Gasteiger partial charge in [0.2, 0.25) is 0 Å². The normalized spacial score (nSPS) is 16.8. The van der Waals surface area contributed by atoms with E-state index in [-0.39, 0.29) is 23.9 Å². The van der Waals surface area contributed by atoms with Gasteiger partial charge in [-0.1, -0.05) is 32.8 Å². The first-order valence-corrected chi connectivity index (χ1v) is 10.7. The Kier molecular flexibility index (Phi) is 6.60. The van der Waals surface area contributed by atoms with Crippen LogP contribution in [0.3, 0.4) is 0 Å². The van der Waals surface area contributed by atoms with Crippen LogP contribution in [0.4, 0.5) is 0 Å². The Hall–Kier alpha value is -2.37. The predicted octanol–water partition coefficient (Wildman–Crippen LogP) is 4.29. The molecule has 1 fully saturated rings. The quantitative estimate of drug-likeness (QED) is 0.755. The van der Waals surface area contributed by atoms with Crippen molar-refractivity contribution in [3.8, 4) is 11.7 Å². The Morgan fingerprint density at radius 3 is 2.31 bits per heavy atom. The maximum Gasteiger partial charge on any atom is 0.336 e. The molecule has 1 aliphatic rings. The maximum absolute atomic E-state index is 12.9. The van der Waals surface area contributed by atoms with Crippen molar-refractivity contribution in [2.24, 2.45) is 11.8 Å². The number of amides is 1. The minimum absolute atomic E-state index is 0.0132. The lowest BCUT2D eigenvalue weighted by atomic mass is 9.98. The molecule has 1 aromatic heterocycles. The van der Waals surface area contributed by atoms with Gasteiger partial charge in [0.1, 0.15) is 5.82 Å². The Bertz CT molecular complexity index is 832. The summed E-state index contributed by atoms with van der Waals surface area (Å²) in [6.07, 6.45) is 4.28. The van der Waals surface area contributed by atoms with Crippen LogP contribution >= 0.6 is 0 Å². The number of hydrogen-bond donors (Lipinski definition) is 1. The van der Waals surface area contributed by atoms with Crippen LogP contribution in [0.1, 0.15) is 63.4 Å². The molecule has 1 heterocycles. The number of ether oxygens (including phenoxy) is 1. The second-order valence-electron chi connectivity index (χ2n) is 8.82. The lowest BCUT2D eigenvalue weighted by molar-refractivity contribution is -0.131. The minimum atomic E-state index is -0.617. The Labute approximate surface area is 174 Å². The fourth-order valence-corrected chi connectivity index (χ4v) is 4.22. The number of nitrogens with zero attached hydrogens (tertiary/aromatic N) is 3. The van der Waals surface area contributed by atoms with Gasteiger partial charge < -0.3 is 10.1 Å². The van der Waals surface area contributed by atoms with E-state index in [0.717, 1.165) is 22.6 Å². The van der Waals surface area contributed by atoms with E-state index in [1.807, 2.05) is 20.8 Å². The summed E-state index contributed by atoms with van der Waals surface area (Å²) in [5.41, 5.74) is 3.28. The van der Waals surface area contributed by atoms with Gasteiger partial charge in [-0.3, -0.25) is 4.79 Å². The van der Waals surface area contributed by atoms with Crippen LogP contribution in [-0.4, -0.2) is 32.8 Å². The van der Waals surface area contributed by atoms with Crippen molar-refractivity contribution < 1.29 is 9.53 Å². The molecule has 3 rings (SSSR count). The highest BCUT2D eigenvalue weighted by Crippen LogP contribution is 2.27. The highest BCUT2D eigenvalue weighted by molar-refractivity contribution is 5.81. The molecule has 0 saturated heterocycles. The molecule has 2 atom stereocenters. The highest BCUT2D eigenvalue weighted by atomic mass is 16.5. The summed E-state index contributed by atoms with van der Waals surface area (Å²) in [5.74, 6) is 1.22. The molecule has 6 heteroatoms. The van der Waals surface area contributed by atoms with Crippen molar-refractivity contribution in [3.63, 3.8) is 0 Å². The predicted molar refractivity (Wildman–Crippen MR) is 114 cm³/mol. The minimum Gasteiger partial charge on any atom is -0.449 e. The molecule has 0 aliphatic heterocycles. The second-order valence-corrected chi connectivity index (χ2v) is 8.82. The van der Waals surface area contributed by atoms with Crippen LogP contribution in [-0.2, 0) is 4.79 Å². The van der Waals surface area contributed by atoms with Gasteiger partial charge in [0, 0.05) is 6.04 Å². The topological polar surface area (TPSA) is 69.0 Å². The molecule has 2 aromatic rings. The van der Waals surface area contributed by atoms with Gasteiger partial charge in [-0.05, 0) is 75.6 Å². The standard InChI is InChI=1S/C23H34N4O2/c1-14(2)21(22(28)24-17(5)19-9-7-8-10-19)29-23-25-18(6)27(26-23)20-12-15(3)11-16(4)13-20/h11-14,17,19,21H,7-10H2,1-6H3,(H,24,28). The largest absolute Gasteiger partial charge is 0.449 e. The Morgan fingerprint density at radius 1 is 1.10 bits per heavy atom. The third-order valence-electron chi connectivity index (χ3n) is 5.77. The summed E-state index contributed by atoms with van der Waals surface area (Å²) in [4.78, 5) is 17.4. The van der Waals surface area contributed by atoms with Crippen molar-refractivity contribution in [3.05, 3.63) is 35.2 Å². The Balaban J connectivity index is 1.74. The zero-order chi connectivity index (χ0) is 21.1. The number of aryl methyl sites for hydroxylation is 3. The van der Waals surface area contributed by atoms with Gasteiger partial charge in [0.15, 0.2) is 6.10 Å². The van der Waals surface area contributed by atoms with Crippen LogP contribution in [0.2, 0.25) is 0 Å². The van der Waals surface area contributed by atoms with Crippen molar-refractivity contribution >= 4 is 5.91 Å². The van der Waals surface area contributed by atoms with Crippen LogP contribution in [0, 0.1) is 32.6 Å². The van der Waals surface area contributed by atoms with E-state index >= 15 is 0 Å². The molecule has 2 unspecified atom stereocenters. The average molecular weight is 399 g/mol. The number of rotatable bonds is 7. The molecule has 29 heavy (non-hydrogen) atoms. The van der Waals surface area contributed by atoms with Crippen molar-refractivity contribution in [1.82, 2.24) is 20.1 Å². The molecular weight excluding hydrogens is 364 g/mol. The Morgan fingerprint density at radius 2 is 1.72 bits per heavy atom. The molecule has 6 nitrogen and oxygen atoms in total. The van der Waals surface area contributed by atoms with Crippen molar-refractivity contribution in [2.45, 2.75) is 79.4 Å². The van der Waals surface area contributed by atoms with Gasteiger partial charge >= 0.3 is 6.01 Å². The molecule has 0 bridgehead atoms. The monoisotopic (exact) mass is 398 g/mol. The van der Waals surface area contributed by atoms with E-state index in [1.54, 1.807) is 4.68 Å². The molecule has 1 aromatic carbocycles. The fourth-order valence-electron chi connectivity index (χ4n) is 4.22. The zero-order valence-electron chi connectivity index (χ0n) is 18.5. The average Bonchev–Trinajstić information content (AvgIpc) is 3.28. The van der Waals surface area contributed by atoms with E-state index in [0.29, 0.717) is 5.92 Å². The third kappa shape index (κ3) is 5.17. The molecule has 158 valence electrons. The number of aromatic nitrogens is 3. The molecular formula is C23H34N4O2. The van der Waals surface area contributed by atoms with E-state index in [1.165, 1.54) is 25.7 Å². The molecule has 0 radical (unpaired) electrons. The van der Waals surface area contributed by atoms with Crippen LogP contribution in [0.25, 0.3) is 5.69 Å². The summed E-state index contributed by atoms with van der Waals surface area (Å²) in [7, 11) is 0. The summed E-state index contributed by atoms with van der Waals surface area (Å²) < 4.78 is 7.76. The molecule has 1 amide bonds. The van der Waals surface area contributed by atoms with Crippen molar-refractivity contribution in [2.75, 3.05) is 0 Å². The zero-order valence-corrected chi connectivity index (χ0v) is 18.5. The molecule has 1 N–H and O–H groups in total. The summed E-state index contributed by atoms with van der Waals surface area (Å²) in [5, 5.41) is 7.69. The molecule has 1 saturated carbocycles.